The summed E-state index contributed by atoms with van der Waals surface area (Å²) in [5, 5.41) is 4.88. The first-order valence-electron chi connectivity index (χ1n) is 7.87. The van der Waals surface area contributed by atoms with Gasteiger partial charge in [0.2, 0.25) is 0 Å². The Morgan fingerprint density at radius 2 is 2.19 bits per heavy atom. The molecule has 1 atom stereocenters. The Hall–Kier alpha value is -0.350. The molecule has 3 nitrogen and oxygen atoms in total. The van der Waals surface area contributed by atoms with Gasteiger partial charge in [0.15, 0.2) is 0 Å². The average molecular weight is 330 g/mol. The van der Waals surface area contributed by atoms with Gasteiger partial charge in [-0.25, -0.2) is 4.98 Å². The van der Waals surface area contributed by atoms with Crippen molar-refractivity contribution in [3.8, 4) is 0 Å². The summed E-state index contributed by atoms with van der Waals surface area (Å²) in [6, 6.07) is 2.48. The van der Waals surface area contributed by atoms with E-state index in [-0.39, 0.29) is 0 Å². The van der Waals surface area contributed by atoms with Crippen molar-refractivity contribution in [2.45, 2.75) is 52.1 Å². The van der Waals surface area contributed by atoms with E-state index in [4.69, 9.17) is 23.2 Å². The predicted molar refractivity (Wildman–Crippen MR) is 90.2 cm³/mol. The minimum absolute atomic E-state index is 0.540. The highest BCUT2D eigenvalue weighted by molar-refractivity contribution is 6.35. The maximum atomic E-state index is 6.36. The summed E-state index contributed by atoms with van der Waals surface area (Å²) < 4.78 is 0. The van der Waals surface area contributed by atoms with Crippen LogP contribution in [0.25, 0.3) is 0 Å². The molecule has 118 valence electrons. The van der Waals surface area contributed by atoms with Gasteiger partial charge in [0.1, 0.15) is 5.15 Å². The summed E-state index contributed by atoms with van der Waals surface area (Å²) >= 11 is 12.6. The number of hydrogen-bond acceptors (Lipinski definition) is 3. The van der Waals surface area contributed by atoms with Crippen molar-refractivity contribution in [3.63, 3.8) is 0 Å². The molecule has 1 fully saturated rings. The Morgan fingerprint density at radius 3 is 2.81 bits per heavy atom. The molecule has 1 aromatic heterocycles. The highest BCUT2D eigenvalue weighted by Crippen LogP contribution is 2.25. The second-order valence-corrected chi connectivity index (χ2v) is 6.66. The lowest BCUT2D eigenvalue weighted by atomic mass is 10.0. The third-order valence-electron chi connectivity index (χ3n) is 3.96. The van der Waals surface area contributed by atoms with Gasteiger partial charge in [-0.15, -0.1) is 0 Å². The van der Waals surface area contributed by atoms with Crippen LogP contribution in [-0.2, 0) is 6.54 Å². The normalized spacial score (nSPS) is 19.2. The van der Waals surface area contributed by atoms with Gasteiger partial charge in [-0.2, -0.15) is 0 Å². The summed E-state index contributed by atoms with van der Waals surface area (Å²) in [6.07, 6.45) is 5.00. The molecule has 2 heterocycles. The smallest absolute Gasteiger partial charge is 0.135 e. The van der Waals surface area contributed by atoms with Gasteiger partial charge < -0.3 is 5.32 Å². The largest absolute Gasteiger partial charge is 0.313 e. The van der Waals surface area contributed by atoms with E-state index in [2.05, 4.69) is 22.1 Å². The Kier molecular flexibility index (Phi) is 6.74. The number of piperidine rings is 1. The van der Waals surface area contributed by atoms with Gasteiger partial charge in [-0.05, 0) is 45.3 Å². The van der Waals surface area contributed by atoms with Gasteiger partial charge in [-0.1, -0.05) is 36.5 Å². The van der Waals surface area contributed by atoms with Crippen LogP contribution in [0, 0.1) is 6.92 Å². The number of nitrogens with zero attached hydrogens (tertiary/aromatic N) is 2. The molecule has 1 unspecified atom stereocenters. The van der Waals surface area contributed by atoms with Crippen LogP contribution in [-0.4, -0.2) is 35.6 Å². The third kappa shape index (κ3) is 5.10. The van der Waals surface area contributed by atoms with Crippen molar-refractivity contribution in [1.82, 2.24) is 15.2 Å². The molecule has 0 bridgehead atoms. The average Bonchev–Trinajstić information content (AvgIpc) is 2.44. The van der Waals surface area contributed by atoms with E-state index in [1.54, 1.807) is 0 Å². The van der Waals surface area contributed by atoms with Crippen molar-refractivity contribution in [2.75, 3.05) is 19.6 Å². The van der Waals surface area contributed by atoms with Gasteiger partial charge >= 0.3 is 0 Å². The van der Waals surface area contributed by atoms with Gasteiger partial charge in [0.25, 0.3) is 0 Å². The number of aryl methyl sites for hydroxylation is 1. The molecule has 1 aromatic rings. The molecule has 0 saturated carbocycles. The first-order valence-corrected chi connectivity index (χ1v) is 8.63. The number of rotatable bonds is 6. The second kappa shape index (κ2) is 8.33. The Morgan fingerprint density at radius 1 is 1.38 bits per heavy atom. The van der Waals surface area contributed by atoms with Crippen LogP contribution in [0.5, 0.6) is 0 Å². The van der Waals surface area contributed by atoms with E-state index in [1.807, 2.05) is 13.0 Å². The molecule has 5 heteroatoms. The molecule has 0 radical (unpaired) electrons. The first-order chi connectivity index (χ1) is 10.1. The van der Waals surface area contributed by atoms with Crippen LogP contribution in [0.1, 0.15) is 43.9 Å². The lowest BCUT2D eigenvalue weighted by molar-refractivity contribution is 0.217. The fourth-order valence-corrected chi connectivity index (χ4v) is 3.58. The van der Waals surface area contributed by atoms with Crippen LogP contribution in [0.3, 0.4) is 0 Å². The molecule has 1 aliphatic rings. The lowest BCUT2D eigenvalue weighted by Crippen LogP contribution is -2.43. The minimum Gasteiger partial charge on any atom is -0.313 e. The van der Waals surface area contributed by atoms with Crippen LogP contribution >= 0.6 is 23.2 Å². The zero-order valence-corrected chi connectivity index (χ0v) is 14.5. The molecule has 21 heavy (non-hydrogen) atoms. The SMILES string of the molecule is CCCN(Cc1c(Cl)cc(C)nc1Cl)CC1CCCCN1. The van der Waals surface area contributed by atoms with Crippen molar-refractivity contribution >= 4 is 23.2 Å². The summed E-state index contributed by atoms with van der Waals surface area (Å²) in [7, 11) is 0. The zero-order valence-electron chi connectivity index (χ0n) is 13.0. The number of nitrogens with one attached hydrogen (secondary N) is 1. The first kappa shape index (κ1) is 17.0. The molecular formula is C16H25Cl2N3. The van der Waals surface area contributed by atoms with Crippen molar-refractivity contribution in [2.24, 2.45) is 0 Å². The van der Waals surface area contributed by atoms with E-state index < -0.39 is 0 Å². The van der Waals surface area contributed by atoms with E-state index >= 15 is 0 Å². The Bertz CT molecular complexity index is 436. The van der Waals surface area contributed by atoms with Crippen LogP contribution in [0.15, 0.2) is 6.07 Å². The van der Waals surface area contributed by atoms with Crippen LogP contribution in [0.2, 0.25) is 10.2 Å². The second-order valence-electron chi connectivity index (χ2n) is 5.90. The number of hydrogen-bond donors (Lipinski definition) is 1. The molecule has 0 aromatic carbocycles. The molecular weight excluding hydrogens is 305 g/mol. The molecule has 2 rings (SSSR count). The topological polar surface area (TPSA) is 28.2 Å². The van der Waals surface area contributed by atoms with E-state index in [1.165, 1.54) is 19.3 Å². The fourth-order valence-electron chi connectivity index (χ4n) is 2.93. The van der Waals surface area contributed by atoms with Gasteiger partial charge in [0.05, 0.1) is 0 Å². The quantitative estimate of drug-likeness (QED) is 0.798. The molecule has 1 saturated heterocycles. The highest BCUT2D eigenvalue weighted by atomic mass is 35.5. The standard InChI is InChI=1S/C16H25Cl2N3/c1-3-8-21(10-13-6-4-5-7-19-13)11-14-15(17)9-12(2)20-16(14)18/h9,13,19H,3-8,10-11H2,1-2H3. The number of halogens is 2. The van der Waals surface area contributed by atoms with Crippen LogP contribution < -0.4 is 5.32 Å². The van der Waals surface area contributed by atoms with E-state index in [0.29, 0.717) is 11.2 Å². The van der Waals surface area contributed by atoms with Gasteiger partial charge in [0, 0.05) is 35.4 Å². The Balaban J connectivity index is 2.05. The monoisotopic (exact) mass is 329 g/mol. The predicted octanol–water partition coefficient (Wildman–Crippen LogP) is 4.05. The molecule has 1 N–H and O–H groups in total. The third-order valence-corrected chi connectivity index (χ3v) is 4.61. The summed E-state index contributed by atoms with van der Waals surface area (Å²) in [4.78, 5) is 6.77. The van der Waals surface area contributed by atoms with Crippen molar-refractivity contribution < 1.29 is 0 Å². The van der Waals surface area contributed by atoms with Crippen LogP contribution in [0.4, 0.5) is 0 Å². The minimum atomic E-state index is 0.540. The van der Waals surface area contributed by atoms with Gasteiger partial charge in [-0.3, -0.25) is 4.90 Å². The molecule has 0 spiro atoms. The maximum Gasteiger partial charge on any atom is 0.135 e. The Labute approximate surface area is 138 Å². The summed E-state index contributed by atoms with van der Waals surface area (Å²) in [5.41, 5.74) is 1.82. The highest BCUT2D eigenvalue weighted by Gasteiger charge is 2.18. The number of aromatic nitrogens is 1. The molecule has 1 aliphatic heterocycles. The van der Waals surface area contributed by atoms with Crippen molar-refractivity contribution in [1.29, 1.82) is 0 Å². The molecule has 0 amide bonds. The lowest BCUT2D eigenvalue weighted by Gasteiger charge is -2.30. The zero-order chi connectivity index (χ0) is 15.2. The summed E-state index contributed by atoms with van der Waals surface area (Å²) in [6.45, 7) is 8.14. The summed E-state index contributed by atoms with van der Waals surface area (Å²) in [5.74, 6) is 0. The van der Waals surface area contributed by atoms with E-state index in [9.17, 15) is 0 Å². The molecule has 0 aliphatic carbocycles. The fraction of sp³-hybridized carbons (Fsp3) is 0.688. The number of pyridine rings is 1. The maximum absolute atomic E-state index is 6.36. The van der Waals surface area contributed by atoms with E-state index in [0.717, 1.165) is 48.9 Å². The van der Waals surface area contributed by atoms with Crippen molar-refractivity contribution in [3.05, 3.63) is 27.5 Å².